The van der Waals surface area contributed by atoms with Crippen molar-refractivity contribution in [2.45, 2.75) is 19.9 Å². The van der Waals surface area contributed by atoms with E-state index < -0.39 is 23.8 Å². The van der Waals surface area contributed by atoms with Crippen LogP contribution in [0, 0.1) is 0 Å². The first kappa shape index (κ1) is 13.2. The van der Waals surface area contributed by atoms with Crippen molar-refractivity contribution in [2.24, 2.45) is 0 Å². The zero-order chi connectivity index (χ0) is 13.8. The third-order valence-corrected chi connectivity index (χ3v) is 2.36. The summed E-state index contributed by atoms with van der Waals surface area (Å²) in [6, 6.07) is 1.61. The highest BCUT2D eigenvalue weighted by molar-refractivity contribution is 5.88. The highest BCUT2D eigenvalue weighted by atomic mass is 19.3. The highest BCUT2D eigenvalue weighted by Crippen LogP contribution is 2.22. The van der Waals surface area contributed by atoms with E-state index in [1.54, 1.807) is 13.0 Å². The normalized spacial score (nSPS) is 10.9. The second kappa shape index (κ2) is 5.59. The second-order valence-corrected chi connectivity index (χ2v) is 3.63. The fraction of sp³-hybridized carbons (Fsp3) is 0.364. The Morgan fingerprint density at radius 2 is 2.37 bits per heavy atom. The van der Waals surface area contributed by atoms with E-state index in [0.29, 0.717) is 5.56 Å². The minimum atomic E-state index is -2.87. The molecule has 0 aromatic carbocycles. The van der Waals surface area contributed by atoms with Crippen molar-refractivity contribution >= 4 is 5.97 Å². The number of esters is 1. The SMILES string of the molecule is CCOC(=O)c1nnn(Cc2ccoc2)c1C(F)F. The van der Waals surface area contributed by atoms with Crippen molar-refractivity contribution in [3.63, 3.8) is 0 Å². The molecule has 0 saturated heterocycles. The van der Waals surface area contributed by atoms with E-state index in [1.165, 1.54) is 12.5 Å². The molecule has 0 saturated carbocycles. The van der Waals surface area contributed by atoms with Crippen LogP contribution < -0.4 is 0 Å². The van der Waals surface area contributed by atoms with Gasteiger partial charge in [0.15, 0.2) is 5.69 Å². The molecule has 2 heterocycles. The number of furan rings is 1. The molecule has 2 aromatic heterocycles. The van der Waals surface area contributed by atoms with Crippen LogP contribution in [0.25, 0.3) is 0 Å². The van der Waals surface area contributed by atoms with E-state index in [1.807, 2.05) is 0 Å². The molecule has 19 heavy (non-hydrogen) atoms. The molecule has 0 spiro atoms. The lowest BCUT2D eigenvalue weighted by Gasteiger charge is -2.05. The molecule has 0 radical (unpaired) electrons. The Balaban J connectivity index is 2.31. The number of aromatic nitrogens is 3. The minimum absolute atomic E-state index is 0.0442. The van der Waals surface area contributed by atoms with Crippen LogP contribution in [0.15, 0.2) is 23.0 Å². The van der Waals surface area contributed by atoms with Gasteiger partial charge in [-0.25, -0.2) is 18.3 Å². The molecule has 2 aromatic rings. The third-order valence-electron chi connectivity index (χ3n) is 2.36. The summed E-state index contributed by atoms with van der Waals surface area (Å²) in [5, 5.41) is 7.02. The van der Waals surface area contributed by atoms with Crippen LogP contribution in [0.4, 0.5) is 8.78 Å². The Bertz CT molecular complexity index is 552. The number of ether oxygens (including phenoxy) is 1. The number of hydrogen-bond acceptors (Lipinski definition) is 5. The number of carbonyl (C=O) groups excluding carboxylic acids is 1. The number of carbonyl (C=O) groups is 1. The Morgan fingerprint density at radius 3 is 2.95 bits per heavy atom. The molecule has 2 rings (SSSR count). The first-order valence-electron chi connectivity index (χ1n) is 5.53. The van der Waals surface area contributed by atoms with Crippen molar-refractivity contribution in [3.8, 4) is 0 Å². The molecule has 0 aliphatic heterocycles. The van der Waals surface area contributed by atoms with Gasteiger partial charge in [-0.15, -0.1) is 5.10 Å². The third kappa shape index (κ3) is 2.78. The lowest BCUT2D eigenvalue weighted by molar-refractivity contribution is 0.0506. The zero-order valence-electron chi connectivity index (χ0n) is 10.0. The molecular formula is C11H11F2N3O3. The fourth-order valence-corrected chi connectivity index (χ4v) is 1.55. The lowest BCUT2D eigenvalue weighted by atomic mass is 10.3. The van der Waals surface area contributed by atoms with Crippen LogP contribution in [0.2, 0.25) is 0 Å². The number of hydrogen-bond donors (Lipinski definition) is 0. The molecule has 0 unspecified atom stereocenters. The van der Waals surface area contributed by atoms with Gasteiger partial charge in [-0.2, -0.15) is 0 Å². The predicted molar refractivity (Wildman–Crippen MR) is 58.7 cm³/mol. The lowest BCUT2D eigenvalue weighted by Crippen LogP contribution is -2.12. The molecule has 0 bridgehead atoms. The number of rotatable bonds is 5. The van der Waals surface area contributed by atoms with E-state index in [-0.39, 0.29) is 13.2 Å². The molecule has 0 aliphatic rings. The first-order chi connectivity index (χ1) is 9.13. The number of alkyl halides is 2. The molecular weight excluding hydrogens is 260 g/mol. The quantitative estimate of drug-likeness (QED) is 0.778. The summed E-state index contributed by atoms with van der Waals surface area (Å²) in [5.74, 6) is -0.906. The van der Waals surface area contributed by atoms with Gasteiger partial charge in [-0.1, -0.05) is 5.21 Å². The summed E-state index contributed by atoms with van der Waals surface area (Å²) in [5.41, 5.74) is -0.373. The zero-order valence-corrected chi connectivity index (χ0v) is 10.0. The standard InChI is InChI=1S/C11H11F2N3O3/c1-2-19-11(17)8-9(10(12)13)16(15-14-8)5-7-3-4-18-6-7/h3-4,6,10H,2,5H2,1H3. The molecule has 0 N–H and O–H groups in total. The average Bonchev–Trinajstić information content (AvgIpc) is 2.99. The summed E-state index contributed by atoms with van der Waals surface area (Å²) < 4.78 is 36.5. The van der Waals surface area contributed by atoms with Crippen molar-refractivity contribution in [1.29, 1.82) is 0 Å². The average molecular weight is 271 g/mol. The summed E-state index contributed by atoms with van der Waals surface area (Å²) >= 11 is 0. The van der Waals surface area contributed by atoms with Crippen LogP contribution >= 0.6 is 0 Å². The van der Waals surface area contributed by atoms with Crippen LogP contribution in [0.5, 0.6) is 0 Å². The number of nitrogens with zero attached hydrogens (tertiary/aromatic N) is 3. The molecule has 8 heteroatoms. The largest absolute Gasteiger partial charge is 0.472 e. The topological polar surface area (TPSA) is 70.2 Å². The summed E-state index contributed by atoms with van der Waals surface area (Å²) in [6.07, 6.45) is -0.0528. The first-order valence-corrected chi connectivity index (χ1v) is 5.53. The fourth-order valence-electron chi connectivity index (χ4n) is 1.55. The maximum Gasteiger partial charge on any atom is 0.361 e. The van der Waals surface area contributed by atoms with Crippen LogP contribution in [0.3, 0.4) is 0 Å². The van der Waals surface area contributed by atoms with Gasteiger partial charge in [0.25, 0.3) is 6.43 Å². The Hall–Kier alpha value is -2.25. The molecule has 0 atom stereocenters. The van der Waals surface area contributed by atoms with Crippen LogP contribution in [-0.2, 0) is 11.3 Å². The van der Waals surface area contributed by atoms with Gasteiger partial charge < -0.3 is 9.15 Å². The van der Waals surface area contributed by atoms with Gasteiger partial charge in [0.2, 0.25) is 0 Å². The van der Waals surface area contributed by atoms with Gasteiger partial charge in [0.1, 0.15) is 5.69 Å². The predicted octanol–water partition coefficient (Wildman–Crippen LogP) is 2.03. The van der Waals surface area contributed by atoms with Crippen molar-refractivity contribution in [1.82, 2.24) is 15.0 Å². The van der Waals surface area contributed by atoms with Gasteiger partial charge in [-0.05, 0) is 13.0 Å². The van der Waals surface area contributed by atoms with Gasteiger partial charge in [0, 0.05) is 5.56 Å². The van der Waals surface area contributed by atoms with Gasteiger partial charge in [0.05, 0.1) is 25.7 Å². The van der Waals surface area contributed by atoms with E-state index >= 15 is 0 Å². The second-order valence-electron chi connectivity index (χ2n) is 3.63. The minimum Gasteiger partial charge on any atom is -0.472 e. The van der Waals surface area contributed by atoms with E-state index in [9.17, 15) is 13.6 Å². The van der Waals surface area contributed by atoms with Crippen molar-refractivity contribution in [3.05, 3.63) is 35.5 Å². The molecule has 0 fully saturated rings. The highest BCUT2D eigenvalue weighted by Gasteiger charge is 2.27. The van der Waals surface area contributed by atoms with E-state index in [4.69, 9.17) is 4.42 Å². The van der Waals surface area contributed by atoms with Crippen molar-refractivity contribution in [2.75, 3.05) is 6.61 Å². The van der Waals surface area contributed by atoms with Gasteiger partial charge >= 0.3 is 5.97 Å². The summed E-state index contributed by atoms with van der Waals surface area (Å²) in [4.78, 5) is 11.5. The monoisotopic (exact) mass is 271 g/mol. The van der Waals surface area contributed by atoms with Crippen molar-refractivity contribution < 1.29 is 22.7 Å². The Kier molecular flexibility index (Phi) is 3.88. The number of halogens is 2. The Morgan fingerprint density at radius 1 is 1.58 bits per heavy atom. The van der Waals surface area contributed by atoms with E-state index in [2.05, 4.69) is 15.0 Å². The molecule has 102 valence electrons. The van der Waals surface area contributed by atoms with Crippen LogP contribution in [0.1, 0.15) is 35.1 Å². The van der Waals surface area contributed by atoms with Gasteiger partial charge in [-0.3, -0.25) is 0 Å². The summed E-state index contributed by atoms with van der Waals surface area (Å²) in [6.45, 7) is 1.70. The Labute approximate surface area is 107 Å². The maximum atomic E-state index is 13.0. The van der Waals surface area contributed by atoms with Crippen LogP contribution in [-0.4, -0.2) is 27.6 Å². The molecule has 0 amide bonds. The smallest absolute Gasteiger partial charge is 0.361 e. The molecule has 0 aliphatic carbocycles. The van der Waals surface area contributed by atoms with E-state index in [0.717, 1.165) is 4.68 Å². The molecule has 6 nitrogen and oxygen atoms in total. The maximum absolute atomic E-state index is 13.0. The summed E-state index contributed by atoms with van der Waals surface area (Å²) in [7, 11) is 0.